The van der Waals surface area contributed by atoms with Gasteiger partial charge in [0, 0.05) is 25.6 Å². The number of fused-ring (bicyclic) bond motifs is 1. The number of carbonyl (C=O) groups excluding carboxylic acids is 1. The van der Waals surface area contributed by atoms with Crippen molar-refractivity contribution in [3.8, 4) is 0 Å². The lowest BCUT2D eigenvalue weighted by Gasteiger charge is -2.32. The first-order chi connectivity index (χ1) is 14.7. The van der Waals surface area contributed by atoms with Crippen molar-refractivity contribution in [2.45, 2.75) is 72.0 Å². The van der Waals surface area contributed by atoms with Crippen molar-refractivity contribution in [2.75, 3.05) is 13.1 Å². The van der Waals surface area contributed by atoms with E-state index in [1.165, 1.54) is 55.5 Å². The maximum absolute atomic E-state index is 11.4. The van der Waals surface area contributed by atoms with Gasteiger partial charge in [0.25, 0.3) is 0 Å². The normalized spacial score (nSPS) is 19.1. The van der Waals surface area contributed by atoms with Gasteiger partial charge in [0.15, 0.2) is 0 Å². The molecule has 4 rings (SSSR count). The number of hydrogen-bond acceptors (Lipinski definition) is 3. The van der Waals surface area contributed by atoms with E-state index in [1.54, 1.807) is 6.92 Å². The minimum absolute atomic E-state index is 0.240. The molecule has 0 bridgehead atoms. The van der Waals surface area contributed by atoms with Crippen molar-refractivity contribution < 1.29 is 4.79 Å². The maximum Gasteiger partial charge on any atom is 0.134 e. The molecule has 0 spiro atoms. The lowest BCUT2D eigenvalue weighted by atomic mass is 9.88. The highest BCUT2D eigenvalue weighted by Gasteiger charge is 2.25. The number of nitrogens with zero attached hydrogens (tertiary/aromatic N) is 1. The van der Waals surface area contributed by atoms with Gasteiger partial charge >= 0.3 is 0 Å². The monoisotopic (exact) mass is 406 g/mol. The van der Waals surface area contributed by atoms with Crippen LogP contribution in [0, 0.1) is 5.92 Å². The largest absolute Gasteiger partial charge is 0.306 e. The first kappa shape index (κ1) is 22.7. The molecule has 0 radical (unpaired) electrons. The smallest absolute Gasteiger partial charge is 0.134 e. The fourth-order valence-corrected chi connectivity index (χ4v) is 4.81. The Kier molecular flexibility index (Phi) is 8.65. The number of Topliss-reactive ketones (excluding diaryl/α,β-unsaturated/α-hetero) is 1. The predicted octanol–water partition coefficient (Wildman–Crippen LogP) is 5.68. The molecule has 30 heavy (non-hydrogen) atoms. The van der Waals surface area contributed by atoms with Gasteiger partial charge in [-0.25, -0.2) is 0 Å². The Morgan fingerprint density at radius 3 is 2.43 bits per heavy atom. The van der Waals surface area contributed by atoms with Crippen molar-refractivity contribution in [1.29, 1.82) is 0 Å². The highest BCUT2D eigenvalue weighted by atomic mass is 16.1. The summed E-state index contributed by atoms with van der Waals surface area (Å²) >= 11 is 0. The molecular weight excluding hydrogens is 368 g/mol. The van der Waals surface area contributed by atoms with E-state index in [-0.39, 0.29) is 5.78 Å². The molecule has 1 fully saturated rings. The lowest BCUT2D eigenvalue weighted by Crippen LogP contribution is -2.33. The summed E-state index contributed by atoms with van der Waals surface area (Å²) < 4.78 is 0. The minimum Gasteiger partial charge on any atom is -0.306 e. The van der Waals surface area contributed by atoms with Crippen LogP contribution in [-0.2, 0) is 24.3 Å². The third kappa shape index (κ3) is 6.26. The van der Waals surface area contributed by atoms with E-state index < -0.39 is 0 Å². The van der Waals surface area contributed by atoms with E-state index in [2.05, 4.69) is 58.7 Å². The van der Waals surface area contributed by atoms with Crippen LogP contribution in [0.25, 0.3) is 0 Å². The number of rotatable bonds is 7. The van der Waals surface area contributed by atoms with Crippen LogP contribution in [0.4, 0.5) is 0 Å². The average molecular weight is 407 g/mol. The van der Waals surface area contributed by atoms with Gasteiger partial charge in [-0.3, -0.25) is 9.69 Å². The third-order valence-electron chi connectivity index (χ3n) is 6.40. The summed E-state index contributed by atoms with van der Waals surface area (Å²) in [6, 6.07) is 17.9. The number of carbonyl (C=O) groups is 1. The number of likely N-dealkylation sites (tertiary alicyclic amines) is 1. The number of hydrogen-bond donors (Lipinski definition) is 1. The molecule has 1 N–H and O–H groups in total. The molecule has 0 aromatic heterocycles. The molecular formula is C27H38N2O. The van der Waals surface area contributed by atoms with Gasteiger partial charge in [-0.15, -0.1) is 0 Å². The molecule has 3 heteroatoms. The fraction of sp³-hybridized carbons (Fsp3) is 0.519. The van der Waals surface area contributed by atoms with Crippen molar-refractivity contribution in [2.24, 2.45) is 5.92 Å². The zero-order valence-electron chi connectivity index (χ0n) is 19.0. The Morgan fingerprint density at radius 2 is 1.73 bits per heavy atom. The van der Waals surface area contributed by atoms with Crippen molar-refractivity contribution in [3.05, 3.63) is 70.8 Å². The number of ketones is 1. The Hall–Kier alpha value is -1.97. The van der Waals surface area contributed by atoms with Crippen LogP contribution in [0.5, 0.6) is 0 Å². The molecule has 0 amide bonds. The molecule has 0 saturated carbocycles. The Bertz CT molecular complexity index is 794. The van der Waals surface area contributed by atoms with Crippen LogP contribution in [0.3, 0.4) is 0 Å². The van der Waals surface area contributed by atoms with Crippen LogP contribution in [0.2, 0.25) is 0 Å². The van der Waals surface area contributed by atoms with Crippen molar-refractivity contribution in [1.82, 2.24) is 10.2 Å². The highest BCUT2D eigenvalue weighted by molar-refractivity contribution is 5.78. The van der Waals surface area contributed by atoms with Crippen LogP contribution in [-0.4, -0.2) is 23.8 Å². The Morgan fingerprint density at radius 1 is 1.00 bits per heavy atom. The van der Waals surface area contributed by atoms with Gasteiger partial charge < -0.3 is 5.32 Å². The van der Waals surface area contributed by atoms with Gasteiger partial charge in [-0.05, 0) is 73.9 Å². The number of nitrogens with one attached hydrogen (secondary N) is 1. The standard InChI is InChI=1S/C25H32N2O.C2H6/c1-19(28)15-22-7-9-23-17-26-25(24(23)16-22)10-8-20-11-13-27(14-12-20)18-21-5-3-2-4-6-21;1-2/h2-7,9,16,20,25-26H,8,10-15,17-18H2,1H3;1-2H3. The summed E-state index contributed by atoms with van der Waals surface area (Å²) in [5, 5.41) is 3.69. The van der Waals surface area contributed by atoms with E-state index in [9.17, 15) is 4.79 Å². The molecule has 2 aromatic rings. The summed E-state index contributed by atoms with van der Waals surface area (Å²) in [5.41, 5.74) is 5.43. The van der Waals surface area contributed by atoms with Crippen LogP contribution >= 0.6 is 0 Å². The highest BCUT2D eigenvalue weighted by Crippen LogP contribution is 2.33. The summed E-state index contributed by atoms with van der Waals surface area (Å²) in [5.74, 6) is 1.09. The molecule has 162 valence electrons. The van der Waals surface area contributed by atoms with E-state index in [0.717, 1.165) is 24.6 Å². The van der Waals surface area contributed by atoms with Crippen LogP contribution < -0.4 is 5.32 Å². The van der Waals surface area contributed by atoms with Crippen LogP contribution in [0.15, 0.2) is 48.5 Å². The molecule has 2 heterocycles. The van der Waals surface area contributed by atoms with Gasteiger partial charge in [0.05, 0.1) is 0 Å². The molecule has 2 aliphatic heterocycles. The molecule has 0 aliphatic carbocycles. The quantitative estimate of drug-likeness (QED) is 0.642. The molecule has 2 aromatic carbocycles. The SMILES string of the molecule is CC.CC(=O)Cc1ccc2c(c1)C(CCC1CCN(Cc3ccccc3)CC1)NC2. The average Bonchev–Trinajstić information content (AvgIpc) is 3.17. The van der Waals surface area contributed by atoms with E-state index in [1.807, 2.05) is 13.8 Å². The van der Waals surface area contributed by atoms with Crippen molar-refractivity contribution >= 4 is 5.78 Å². The van der Waals surface area contributed by atoms with Gasteiger partial charge in [0.1, 0.15) is 5.78 Å². The van der Waals surface area contributed by atoms with Crippen molar-refractivity contribution in [3.63, 3.8) is 0 Å². The van der Waals surface area contributed by atoms with Gasteiger partial charge in [0.2, 0.25) is 0 Å². The van der Waals surface area contributed by atoms with Crippen LogP contribution in [0.1, 0.15) is 74.8 Å². The Labute approximate surface area is 182 Å². The predicted molar refractivity (Wildman–Crippen MR) is 125 cm³/mol. The molecule has 1 unspecified atom stereocenters. The first-order valence-electron chi connectivity index (χ1n) is 11.8. The zero-order valence-corrected chi connectivity index (χ0v) is 19.0. The minimum atomic E-state index is 0.240. The fourth-order valence-electron chi connectivity index (χ4n) is 4.81. The molecule has 1 saturated heterocycles. The van der Waals surface area contributed by atoms with Gasteiger partial charge in [-0.2, -0.15) is 0 Å². The zero-order chi connectivity index (χ0) is 21.3. The topological polar surface area (TPSA) is 32.3 Å². The van der Waals surface area contributed by atoms with E-state index in [4.69, 9.17) is 0 Å². The summed E-state index contributed by atoms with van der Waals surface area (Å²) in [6.45, 7) is 10.2. The number of benzene rings is 2. The van der Waals surface area contributed by atoms with Gasteiger partial charge in [-0.1, -0.05) is 62.4 Å². The second-order valence-electron chi connectivity index (χ2n) is 8.63. The lowest BCUT2D eigenvalue weighted by molar-refractivity contribution is -0.116. The molecule has 1 atom stereocenters. The third-order valence-corrected chi connectivity index (χ3v) is 6.40. The number of piperidine rings is 1. The van der Waals surface area contributed by atoms with E-state index in [0.29, 0.717) is 12.5 Å². The summed E-state index contributed by atoms with van der Waals surface area (Å²) in [6.07, 6.45) is 5.69. The second-order valence-corrected chi connectivity index (χ2v) is 8.63. The van der Waals surface area contributed by atoms with E-state index >= 15 is 0 Å². The summed E-state index contributed by atoms with van der Waals surface area (Å²) in [4.78, 5) is 14.0. The second kappa shape index (κ2) is 11.4. The molecule has 3 nitrogen and oxygen atoms in total. The molecule has 2 aliphatic rings. The first-order valence-corrected chi connectivity index (χ1v) is 11.8. The summed E-state index contributed by atoms with van der Waals surface area (Å²) in [7, 11) is 0. The Balaban J connectivity index is 0.00000124. The maximum atomic E-state index is 11.4.